The molecule has 2 aromatic rings. The Labute approximate surface area is 166 Å². The first-order valence-corrected chi connectivity index (χ1v) is 10.7. The van der Waals surface area contributed by atoms with E-state index in [9.17, 15) is 13.2 Å². The number of hydrogen-bond donors (Lipinski definition) is 2. The summed E-state index contributed by atoms with van der Waals surface area (Å²) in [4.78, 5) is 12.1. The fourth-order valence-electron chi connectivity index (χ4n) is 2.38. The lowest BCUT2D eigenvalue weighted by Gasteiger charge is -2.18. The van der Waals surface area contributed by atoms with Crippen molar-refractivity contribution in [2.24, 2.45) is 0 Å². The van der Waals surface area contributed by atoms with Crippen LogP contribution in [0.5, 0.6) is 5.75 Å². The van der Waals surface area contributed by atoms with Crippen molar-refractivity contribution < 1.29 is 22.4 Å². The van der Waals surface area contributed by atoms with E-state index in [4.69, 9.17) is 9.15 Å². The van der Waals surface area contributed by atoms with Crippen LogP contribution >= 0.6 is 0 Å². The van der Waals surface area contributed by atoms with E-state index in [-0.39, 0.29) is 10.9 Å². The zero-order valence-electron chi connectivity index (χ0n) is 16.7. The maximum atomic E-state index is 12.2. The predicted molar refractivity (Wildman–Crippen MR) is 107 cm³/mol. The van der Waals surface area contributed by atoms with Crippen LogP contribution in [0.2, 0.25) is 0 Å². The highest BCUT2D eigenvalue weighted by molar-refractivity contribution is 7.89. The summed E-state index contributed by atoms with van der Waals surface area (Å²) >= 11 is 0. The van der Waals surface area contributed by atoms with Gasteiger partial charge in [-0.2, -0.15) is 0 Å². The van der Waals surface area contributed by atoms with Crippen LogP contribution in [0, 0.1) is 6.92 Å². The third kappa shape index (κ3) is 7.01. The molecule has 2 N–H and O–H groups in total. The molecule has 1 heterocycles. The average molecular weight is 409 g/mol. The topological polar surface area (TPSA) is 97.6 Å². The largest absolute Gasteiger partial charge is 0.494 e. The molecule has 28 heavy (non-hydrogen) atoms. The number of benzene rings is 1. The Morgan fingerprint density at radius 3 is 2.39 bits per heavy atom. The number of ether oxygens (including phenoxy) is 1. The summed E-state index contributed by atoms with van der Waals surface area (Å²) in [5, 5.41) is 2.44. The van der Waals surface area contributed by atoms with Gasteiger partial charge in [-0.3, -0.25) is 4.79 Å². The molecule has 2 rings (SSSR count). The van der Waals surface area contributed by atoms with Crippen LogP contribution in [0.4, 0.5) is 0 Å². The van der Waals surface area contributed by atoms with E-state index in [2.05, 4.69) is 10.0 Å². The van der Waals surface area contributed by atoms with Crippen LogP contribution in [0.1, 0.15) is 49.7 Å². The molecule has 154 valence electrons. The number of furan rings is 1. The smallest absolute Gasteiger partial charge is 0.287 e. The van der Waals surface area contributed by atoms with Crippen LogP contribution in [0.3, 0.4) is 0 Å². The highest BCUT2D eigenvalue weighted by atomic mass is 32.2. The van der Waals surface area contributed by atoms with Crippen LogP contribution in [0.25, 0.3) is 0 Å². The molecular formula is C20H28N2O5S. The molecule has 1 amide bonds. The molecule has 1 aromatic heterocycles. The Morgan fingerprint density at radius 1 is 1.07 bits per heavy atom. The summed E-state index contributed by atoms with van der Waals surface area (Å²) in [5.74, 6) is 0.338. The van der Waals surface area contributed by atoms with Gasteiger partial charge in [0, 0.05) is 12.1 Å². The number of aryl methyl sites for hydroxylation is 1. The van der Waals surface area contributed by atoms with Crippen molar-refractivity contribution in [3.05, 3.63) is 47.7 Å². The van der Waals surface area contributed by atoms with Gasteiger partial charge in [-0.25, -0.2) is 13.1 Å². The number of sulfonamides is 1. The fourth-order valence-corrected chi connectivity index (χ4v) is 3.73. The van der Waals surface area contributed by atoms with Gasteiger partial charge in [-0.15, -0.1) is 0 Å². The fraction of sp³-hybridized carbons (Fsp3) is 0.450. The summed E-state index contributed by atoms with van der Waals surface area (Å²) < 4.78 is 37.7. The monoisotopic (exact) mass is 408 g/mol. The maximum absolute atomic E-state index is 12.2. The lowest BCUT2D eigenvalue weighted by Crippen LogP contribution is -2.40. The minimum atomic E-state index is -3.81. The van der Waals surface area contributed by atoms with Gasteiger partial charge in [0.05, 0.1) is 6.61 Å². The predicted octanol–water partition coefficient (Wildman–Crippen LogP) is 3.25. The van der Waals surface area contributed by atoms with E-state index in [1.165, 1.54) is 17.7 Å². The van der Waals surface area contributed by atoms with E-state index < -0.39 is 21.5 Å². The first-order valence-electron chi connectivity index (χ1n) is 9.18. The summed E-state index contributed by atoms with van der Waals surface area (Å²) in [6, 6.07) is 10.5. The Bertz CT molecular complexity index is 880. The molecule has 0 saturated heterocycles. The number of rotatable bonds is 9. The first kappa shape index (κ1) is 22.0. The van der Waals surface area contributed by atoms with Gasteiger partial charge in [-0.05, 0) is 64.8 Å². The molecule has 0 saturated carbocycles. The molecular weight excluding hydrogens is 380 g/mol. The number of amides is 1. The highest BCUT2D eigenvalue weighted by Gasteiger charge is 2.26. The molecule has 0 aliphatic heterocycles. The van der Waals surface area contributed by atoms with E-state index in [1.807, 2.05) is 31.2 Å². The minimum Gasteiger partial charge on any atom is -0.494 e. The van der Waals surface area contributed by atoms with Gasteiger partial charge in [0.15, 0.2) is 5.76 Å². The standard InChI is InChI=1S/C20H28N2O5S/c1-15-7-9-16(10-8-15)26-14-6-5-13-21-19(23)17-11-12-18(27-17)28(24,25)22-20(2,3)4/h7-12,22H,5-6,13-14H2,1-4H3,(H,21,23). The lowest BCUT2D eigenvalue weighted by atomic mass is 10.1. The zero-order chi connectivity index (χ0) is 20.8. The summed E-state index contributed by atoms with van der Waals surface area (Å²) in [6.45, 7) is 8.20. The first-order chi connectivity index (χ1) is 13.1. The van der Waals surface area contributed by atoms with E-state index in [0.717, 1.165) is 18.6 Å². The number of nitrogens with one attached hydrogen (secondary N) is 2. The van der Waals surface area contributed by atoms with Crippen LogP contribution in [-0.4, -0.2) is 33.0 Å². The van der Waals surface area contributed by atoms with Gasteiger partial charge in [-0.1, -0.05) is 17.7 Å². The number of carbonyl (C=O) groups excluding carboxylic acids is 1. The molecule has 0 fully saturated rings. The van der Waals surface area contributed by atoms with Crippen molar-refractivity contribution >= 4 is 15.9 Å². The quantitative estimate of drug-likeness (QED) is 0.621. The lowest BCUT2D eigenvalue weighted by molar-refractivity contribution is 0.0919. The van der Waals surface area contributed by atoms with Gasteiger partial charge in [0.25, 0.3) is 15.9 Å². The minimum absolute atomic E-state index is 0.0369. The Balaban J connectivity index is 1.73. The second kappa shape index (κ2) is 9.25. The zero-order valence-corrected chi connectivity index (χ0v) is 17.6. The van der Waals surface area contributed by atoms with Crippen molar-refractivity contribution in [3.8, 4) is 5.75 Å². The van der Waals surface area contributed by atoms with Crippen molar-refractivity contribution in [3.63, 3.8) is 0 Å². The van der Waals surface area contributed by atoms with Crippen LogP contribution in [0.15, 0.2) is 45.9 Å². The third-order valence-electron chi connectivity index (χ3n) is 3.66. The van der Waals surface area contributed by atoms with Crippen molar-refractivity contribution in [2.45, 2.75) is 51.2 Å². The van der Waals surface area contributed by atoms with E-state index in [1.54, 1.807) is 20.8 Å². The average Bonchev–Trinajstić information content (AvgIpc) is 3.08. The number of unbranched alkanes of at least 4 members (excludes halogenated alkanes) is 1. The van der Waals surface area contributed by atoms with E-state index >= 15 is 0 Å². The van der Waals surface area contributed by atoms with Crippen molar-refractivity contribution in [1.29, 1.82) is 0 Å². The van der Waals surface area contributed by atoms with E-state index in [0.29, 0.717) is 13.2 Å². The summed E-state index contributed by atoms with van der Waals surface area (Å²) in [6.07, 6.45) is 1.51. The van der Waals surface area contributed by atoms with Crippen molar-refractivity contribution in [2.75, 3.05) is 13.2 Å². The number of hydrogen-bond acceptors (Lipinski definition) is 5. The van der Waals surface area contributed by atoms with Gasteiger partial charge in [0.1, 0.15) is 5.75 Å². The molecule has 0 atom stereocenters. The Kier molecular flexibility index (Phi) is 7.26. The molecule has 0 spiro atoms. The SMILES string of the molecule is Cc1ccc(OCCCCNC(=O)c2ccc(S(=O)(=O)NC(C)(C)C)o2)cc1. The van der Waals surface area contributed by atoms with Crippen molar-refractivity contribution in [1.82, 2.24) is 10.0 Å². The van der Waals surface area contributed by atoms with Gasteiger partial charge >= 0.3 is 0 Å². The maximum Gasteiger partial charge on any atom is 0.287 e. The molecule has 8 heteroatoms. The van der Waals surface area contributed by atoms with Crippen LogP contribution in [-0.2, 0) is 10.0 Å². The Hall–Kier alpha value is -2.32. The normalized spacial score (nSPS) is 12.0. The molecule has 0 radical (unpaired) electrons. The molecule has 0 unspecified atom stereocenters. The van der Waals surface area contributed by atoms with Crippen LogP contribution < -0.4 is 14.8 Å². The molecule has 0 bridgehead atoms. The number of carbonyl (C=O) groups is 1. The summed E-state index contributed by atoms with van der Waals surface area (Å²) in [7, 11) is -3.81. The molecule has 0 aliphatic carbocycles. The Morgan fingerprint density at radius 2 is 1.75 bits per heavy atom. The van der Waals surface area contributed by atoms with Gasteiger partial charge in [0.2, 0.25) is 5.09 Å². The highest BCUT2D eigenvalue weighted by Crippen LogP contribution is 2.16. The second-order valence-corrected chi connectivity index (χ2v) is 9.21. The van der Waals surface area contributed by atoms with Gasteiger partial charge < -0.3 is 14.5 Å². The summed E-state index contributed by atoms with van der Waals surface area (Å²) in [5.41, 5.74) is 0.535. The molecule has 1 aromatic carbocycles. The molecule has 7 nitrogen and oxygen atoms in total. The second-order valence-electron chi connectivity index (χ2n) is 7.60. The molecule has 0 aliphatic rings. The third-order valence-corrected chi connectivity index (χ3v) is 5.29.